The van der Waals surface area contributed by atoms with Gasteiger partial charge in [0.2, 0.25) is 5.91 Å². The van der Waals surface area contributed by atoms with Crippen molar-refractivity contribution in [2.75, 3.05) is 5.32 Å². The second kappa shape index (κ2) is 9.78. The molecule has 0 atom stereocenters. The SMILES string of the molecule is O=C(/C=C/c1ccc(-c2ccc(Cl)cc2Cl)o1)NC(=S)Nc1ccc(Br)cc1Cl. The molecule has 0 radical (unpaired) electrons. The highest BCUT2D eigenvalue weighted by Gasteiger charge is 2.09. The lowest BCUT2D eigenvalue weighted by Gasteiger charge is -2.09. The first kappa shape index (κ1) is 21.9. The smallest absolute Gasteiger partial charge is 0.250 e. The molecular formula is C20H12BrCl3N2O2S. The number of rotatable bonds is 4. The van der Waals surface area contributed by atoms with Crippen molar-refractivity contribution in [3.05, 3.63) is 79.9 Å². The van der Waals surface area contributed by atoms with Crippen LogP contribution >= 0.6 is 63.0 Å². The van der Waals surface area contributed by atoms with Gasteiger partial charge in [0, 0.05) is 21.1 Å². The van der Waals surface area contributed by atoms with Crippen LogP contribution in [0.1, 0.15) is 5.76 Å². The summed E-state index contributed by atoms with van der Waals surface area (Å²) in [6, 6.07) is 13.9. The molecule has 3 rings (SSSR count). The molecule has 0 fully saturated rings. The van der Waals surface area contributed by atoms with Crippen LogP contribution in [0.25, 0.3) is 17.4 Å². The lowest BCUT2D eigenvalue weighted by atomic mass is 10.2. The highest BCUT2D eigenvalue weighted by molar-refractivity contribution is 9.10. The number of carbonyl (C=O) groups excluding carboxylic acids is 1. The first-order valence-corrected chi connectivity index (χ1v) is 10.5. The Morgan fingerprint density at radius 1 is 1.03 bits per heavy atom. The lowest BCUT2D eigenvalue weighted by molar-refractivity contribution is -0.115. The van der Waals surface area contributed by atoms with E-state index in [9.17, 15) is 4.79 Å². The average molecular weight is 531 g/mol. The molecule has 0 aliphatic heterocycles. The summed E-state index contributed by atoms with van der Waals surface area (Å²) >= 11 is 26.7. The highest BCUT2D eigenvalue weighted by atomic mass is 79.9. The van der Waals surface area contributed by atoms with Gasteiger partial charge in [0.05, 0.1) is 15.7 Å². The minimum atomic E-state index is -0.418. The van der Waals surface area contributed by atoms with Crippen LogP contribution in [0.2, 0.25) is 15.1 Å². The van der Waals surface area contributed by atoms with Crippen LogP contribution in [-0.2, 0) is 4.79 Å². The third-order valence-corrected chi connectivity index (χ3v) is 5.20. The summed E-state index contributed by atoms with van der Waals surface area (Å²) in [5.74, 6) is 0.628. The summed E-state index contributed by atoms with van der Waals surface area (Å²) in [7, 11) is 0. The van der Waals surface area contributed by atoms with Gasteiger partial charge < -0.3 is 9.73 Å². The van der Waals surface area contributed by atoms with Crippen LogP contribution in [0.5, 0.6) is 0 Å². The van der Waals surface area contributed by atoms with Gasteiger partial charge in [-0.05, 0) is 66.8 Å². The molecule has 148 valence electrons. The number of hydrogen-bond donors (Lipinski definition) is 2. The van der Waals surface area contributed by atoms with E-state index in [4.69, 9.17) is 51.4 Å². The highest BCUT2D eigenvalue weighted by Crippen LogP contribution is 2.31. The van der Waals surface area contributed by atoms with Crippen molar-refractivity contribution in [2.24, 2.45) is 0 Å². The quantitative estimate of drug-likeness (QED) is 0.277. The molecule has 0 aliphatic rings. The molecule has 1 heterocycles. The van der Waals surface area contributed by atoms with Gasteiger partial charge >= 0.3 is 0 Å². The Labute approximate surface area is 196 Å². The van der Waals surface area contributed by atoms with Gasteiger partial charge in [-0.1, -0.05) is 50.7 Å². The Bertz CT molecular complexity index is 1110. The van der Waals surface area contributed by atoms with Crippen LogP contribution in [-0.4, -0.2) is 11.0 Å². The average Bonchev–Trinajstić information content (AvgIpc) is 3.11. The minimum absolute atomic E-state index is 0.122. The number of benzene rings is 2. The van der Waals surface area contributed by atoms with Crippen LogP contribution < -0.4 is 10.6 Å². The molecule has 29 heavy (non-hydrogen) atoms. The van der Waals surface area contributed by atoms with Gasteiger partial charge in [0.1, 0.15) is 11.5 Å². The zero-order valence-electron chi connectivity index (χ0n) is 14.5. The van der Waals surface area contributed by atoms with Gasteiger partial charge in [-0.15, -0.1) is 0 Å². The van der Waals surface area contributed by atoms with E-state index in [1.165, 1.54) is 12.2 Å². The number of hydrogen-bond acceptors (Lipinski definition) is 3. The van der Waals surface area contributed by atoms with Gasteiger partial charge in [0.15, 0.2) is 5.11 Å². The molecular weight excluding hydrogens is 519 g/mol. The van der Waals surface area contributed by atoms with Gasteiger partial charge in [-0.25, -0.2) is 0 Å². The van der Waals surface area contributed by atoms with Crippen molar-refractivity contribution in [1.82, 2.24) is 5.32 Å². The van der Waals surface area contributed by atoms with Crippen molar-refractivity contribution in [3.63, 3.8) is 0 Å². The molecule has 0 unspecified atom stereocenters. The van der Waals surface area contributed by atoms with E-state index in [-0.39, 0.29) is 5.11 Å². The molecule has 0 aliphatic carbocycles. The molecule has 0 bridgehead atoms. The summed E-state index contributed by atoms with van der Waals surface area (Å²) in [4.78, 5) is 12.1. The summed E-state index contributed by atoms with van der Waals surface area (Å²) in [5, 5.41) is 7.01. The van der Waals surface area contributed by atoms with E-state index in [0.29, 0.717) is 37.8 Å². The Morgan fingerprint density at radius 2 is 1.83 bits per heavy atom. The molecule has 0 saturated carbocycles. The fourth-order valence-corrected chi connectivity index (χ4v) is 3.77. The van der Waals surface area contributed by atoms with E-state index in [1.54, 1.807) is 48.5 Å². The van der Waals surface area contributed by atoms with Crippen molar-refractivity contribution in [3.8, 4) is 11.3 Å². The van der Waals surface area contributed by atoms with Crippen LogP contribution in [0.4, 0.5) is 5.69 Å². The van der Waals surface area contributed by atoms with E-state index >= 15 is 0 Å². The maximum Gasteiger partial charge on any atom is 0.250 e. The van der Waals surface area contributed by atoms with E-state index in [1.807, 2.05) is 0 Å². The fourth-order valence-electron chi connectivity index (χ4n) is 2.33. The number of amides is 1. The Hall–Kier alpha value is -1.83. The molecule has 0 spiro atoms. The predicted molar refractivity (Wildman–Crippen MR) is 127 cm³/mol. The molecule has 0 saturated heterocycles. The lowest BCUT2D eigenvalue weighted by Crippen LogP contribution is -2.32. The standard InChI is InChI=1S/C20H12BrCl3N2O2S/c21-11-1-6-17(16(24)9-11)25-20(29)26-19(27)8-4-13-3-7-18(28-13)14-5-2-12(22)10-15(14)23/h1-10H,(H2,25,26,27,29)/b8-4+. The third-order valence-electron chi connectivity index (χ3n) is 3.64. The summed E-state index contributed by atoms with van der Waals surface area (Å²) < 4.78 is 6.54. The molecule has 2 aromatic carbocycles. The second-order valence-corrected chi connectivity index (χ2v) is 8.30. The number of nitrogens with one attached hydrogen (secondary N) is 2. The first-order chi connectivity index (χ1) is 13.8. The number of furan rings is 1. The second-order valence-electron chi connectivity index (χ2n) is 5.73. The Morgan fingerprint density at radius 3 is 2.55 bits per heavy atom. The molecule has 2 N–H and O–H groups in total. The summed E-state index contributed by atoms with van der Waals surface area (Å²) in [6.45, 7) is 0. The molecule has 4 nitrogen and oxygen atoms in total. The molecule has 3 aromatic rings. The van der Waals surface area contributed by atoms with Crippen LogP contribution in [0, 0.1) is 0 Å². The topological polar surface area (TPSA) is 54.3 Å². The largest absolute Gasteiger partial charge is 0.457 e. The third kappa shape index (κ3) is 6.07. The predicted octanol–water partition coefficient (Wildman–Crippen LogP) is 7.20. The number of anilines is 1. The molecule has 1 amide bonds. The number of thiocarbonyl (C=S) groups is 1. The van der Waals surface area contributed by atoms with E-state index in [0.717, 1.165) is 4.47 Å². The maximum atomic E-state index is 12.1. The summed E-state index contributed by atoms with van der Waals surface area (Å²) in [6.07, 6.45) is 2.83. The summed E-state index contributed by atoms with van der Waals surface area (Å²) in [5.41, 5.74) is 1.29. The zero-order chi connectivity index (χ0) is 21.0. The van der Waals surface area contributed by atoms with Crippen molar-refractivity contribution >= 4 is 85.7 Å². The monoisotopic (exact) mass is 528 g/mol. The molecule has 9 heteroatoms. The van der Waals surface area contributed by atoms with Crippen molar-refractivity contribution < 1.29 is 9.21 Å². The normalized spacial score (nSPS) is 10.9. The Kier molecular flexibility index (Phi) is 7.38. The zero-order valence-corrected chi connectivity index (χ0v) is 19.2. The first-order valence-electron chi connectivity index (χ1n) is 8.12. The minimum Gasteiger partial charge on any atom is -0.457 e. The van der Waals surface area contributed by atoms with Crippen LogP contribution in [0.3, 0.4) is 0 Å². The van der Waals surface area contributed by atoms with E-state index in [2.05, 4.69) is 26.6 Å². The maximum absolute atomic E-state index is 12.1. The van der Waals surface area contributed by atoms with Crippen molar-refractivity contribution in [2.45, 2.75) is 0 Å². The number of halogens is 4. The van der Waals surface area contributed by atoms with Crippen molar-refractivity contribution in [1.29, 1.82) is 0 Å². The van der Waals surface area contributed by atoms with Gasteiger partial charge in [-0.2, -0.15) is 0 Å². The number of carbonyl (C=O) groups is 1. The van der Waals surface area contributed by atoms with Gasteiger partial charge in [-0.3, -0.25) is 10.1 Å². The van der Waals surface area contributed by atoms with Crippen LogP contribution in [0.15, 0.2) is 63.5 Å². The van der Waals surface area contributed by atoms with Gasteiger partial charge in [0.25, 0.3) is 0 Å². The van der Waals surface area contributed by atoms with E-state index < -0.39 is 5.91 Å². The fraction of sp³-hybridized carbons (Fsp3) is 0. The Balaban J connectivity index is 1.60. The molecule has 1 aromatic heterocycles.